The number of nitrogens with one attached hydrogen (secondary N) is 7. The number of amides is 4. The molecule has 1 aliphatic heterocycles. The third-order valence-corrected chi connectivity index (χ3v) is 10.3. The summed E-state index contributed by atoms with van der Waals surface area (Å²) in [6.45, 7) is 6.70. The van der Waals surface area contributed by atoms with E-state index in [2.05, 4.69) is 31.9 Å². The first-order valence-corrected chi connectivity index (χ1v) is 20.7. The molecule has 0 bridgehead atoms. The predicted octanol–water partition coefficient (Wildman–Crippen LogP) is -2.83. The number of guanidine groups is 1. The molecule has 24 nitrogen and oxygen atoms in total. The standard InChI is InChI=1S/C40H62N10O14/c1-20(2)18-25(46-34(56)24(8-6-14-45-38(41)42)47-39(61)48-27(21(3)4)36(57)58)33(55)44-16-7-15-43-28(37(59)60)29(52)32-30(53)31(54)35(64-32)49-17-13-26(51)50(40(49)62)19-22-9-11-23(63-5)12-10-22/h9-13,17,20-21,24-25,27-32,35,43,52-54H,6-8,14-16,18-19H2,1-5H3,(H,44,55)(H,46,56)(H,57,58)(H,59,60)(H4,41,42,45)(H2,47,48,61)/t24-,25-,27-,28-,29?,30-,31+,32+,35+/m0/s1. The van der Waals surface area contributed by atoms with Crippen molar-refractivity contribution in [2.24, 2.45) is 17.6 Å². The maximum Gasteiger partial charge on any atom is 0.333 e. The monoisotopic (exact) mass is 906 g/mol. The second kappa shape index (κ2) is 24.7. The summed E-state index contributed by atoms with van der Waals surface area (Å²) in [5.74, 6) is -4.48. The van der Waals surface area contributed by atoms with E-state index in [0.717, 1.165) is 21.4 Å². The van der Waals surface area contributed by atoms with E-state index < -0.39 is 102 Å². The lowest BCUT2D eigenvalue weighted by Crippen LogP contribution is -2.57. The SMILES string of the molecule is COc1ccc(Cn2c(=O)ccn([C@@H]3O[C@H](C(O)[C@H](NCCCNC(=O)[C@H](CC(C)C)NC(=O)[C@H](CCCNC(=N)N)NC(=O)N[C@H](C(=O)O)C(C)C)C(=O)O)[C@@H](O)[C@H]3O)c2=O)cc1. The average Bonchev–Trinajstić information content (AvgIpc) is 3.52. The fraction of sp³-hybridized carbons (Fsp3) is 0.600. The fourth-order valence-electron chi connectivity index (χ4n) is 6.83. The van der Waals surface area contributed by atoms with Gasteiger partial charge in [0.2, 0.25) is 11.8 Å². The van der Waals surface area contributed by atoms with Crippen molar-refractivity contribution in [2.75, 3.05) is 26.7 Å². The van der Waals surface area contributed by atoms with Crippen LogP contribution in [0.15, 0.2) is 46.1 Å². The Balaban J connectivity index is 1.63. The topological polar surface area (TPSA) is 371 Å². The molecule has 4 amide bonds. The molecule has 0 saturated carbocycles. The highest BCUT2D eigenvalue weighted by atomic mass is 16.6. The number of carbonyl (C=O) groups is 5. The first kappa shape index (κ1) is 52.3. The van der Waals surface area contributed by atoms with Gasteiger partial charge in [0, 0.05) is 25.4 Å². The van der Waals surface area contributed by atoms with Gasteiger partial charge in [-0.3, -0.25) is 33.7 Å². The lowest BCUT2D eigenvalue weighted by Gasteiger charge is -2.27. The van der Waals surface area contributed by atoms with E-state index in [9.17, 15) is 59.1 Å². The van der Waals surface area contributed by atoms with Crippen LogP contribution >= 0.6 is 0 Å². The lowest BCUT2D eigenvalue weighted by atomic mass is 9.99. The van der Waals surface area contributed by atoms with Crippen molar-refractivity contribution in [3.05, 3.63) is 62.9 Å². The van der Waals surface area contributed by atoms with E-state index in [1.54, 1.807) is 38.1 Å². The van der Waals surface area contributed by atoms with E-state index >= 15 is 0 Å². The quantitative estimate of drug-likeness (QED) is 0.0271. The van der Waals surface area contributed by atoms with E-state index in [4.69, 9.17) is 20.6 Å². The molecule has 64 heavy (non-hydrogen) atoms. The Bertz CT molecular complexity index is 2030. The molecular formula is C40H62N10O14. The highest BCUT2D eigenvalue weighted by molar-refractivity contribution is 5.92. The summed E-state index contributed by atoms with van der Waals surface area (Å²) in [5.41, 5.74) is 4.33. The first-order chi connectivity index (χ1) is 30.2. The Labute approximate surface area is 368 Å². The number of hydrogen-bond donors (Lipinski definition) is 13. The van der Waals surface area contributed by atoms with Crippen molar-refractivity contribution in [1.82, 2.24) is 41.0 Å². The largest absolute Gasteiger partial charge is 0.497 e. The molecule has 1 saturated heterocycles. The second-order valence-electron chi connectivity index (χ2n) is 16.1. The van der Waals surface area contributed by atoms with Gasteiger partial charge in [-0.15, -0.1) is 0 Å². The lowest BCUT2D eigenvalue weighted by molar-refractivity contribution is -0.149. The number of aromatic nitrogens is 2. The molecular weight excluding hydrogens is 844 g/mol. The summed E-state index contributed by atoms with van der Waals surface area (Å²) in [5, 5.41) is 75.0. The number of ether oxygens (including phenoxy) is 2. The van der Waals surface area contributed by atoms with Crippen molar-refractivity contribution in [1.29, 1.82) is 5.41 Å². The van der Waals surface area contributed by atoms with Crippen LogP contribution in [-0.4, -0.2) is 146 Å². The molecule has 1 fully saturated rings. The third-order valence-electron chi connectivity index (χ3n) is 10.3. The molecule has 2 aromatic rings. The van der Waals surface area contributed by atoms with Crippen LogP contribution in [0.5, 0.6) is 5.75 Å². The number of nitrogens with zero attached hydrogens (tertiary/aromatic N) is 2. The minimum Gasteiger partial charge on any atom is -0.497 e. The Kier molecular flexibility index (Phi) is 20.2. The number of carboxylic acids is 2. The number of carboxylic acid groups (broad SMARTS) is 2. The number of aliphatic hydroxyl groups excluding tert-OH is 3. The molecule has 0 spiro atoms. The van der Waals surface area contributed by atoms with Gasteiger partial charge in [-0.05, 0) is 61.8 Å². The average molecular weight is 907 g/mol. The minimum absolute atomic E-state index is 0.0260. The van der Waals surface area contributed by atoms with E-state index in [0.29, 0.717) is 11.3 Å². The van der Waals surface area contributed by atoms with Crippen molar-refractivity contribution in [3.63, 3.8) is 0 Å². The van der Waals surface area contributed by atoms with E-state index in [1.165, 1.54) is 7.11 Å². The molecule has 0 radical (unpaired) electrons. The first-order valence-electron chi connectivity index (χ1n) is 20.7. The molecule has 3 rings (SSSR count). The number of nitrogens with two attached hydrogens (primary N) is 1. The molecule has 1 aromatic heterocycles. The van der Waals surface area contributed by atoms with Crippen LogP contribution in [0.4, 0.5) is 4.79 Å². The van der Waals surface area contributed by atoms with Gasteiger partial charge in [-0.1, -0.05) is 39.8 Å². The van der Waals surface area contributed by atoms with Gasteiger partial charge in [0.1, 0.15) is 54.3 Å². The summed E-state index contributed by atoms with van der Waals surface area (Å²) in [6, 6.07) is 1.37. The van der Waals surface area contributed by atoms with Gasteiger partial charge in [0.15, 0.2) is 12.2 Å². The van der Waals surface area contributed by atoms with Crippen molar-refractivity contribution in [3.8, 4) is 5.75 Å². The summed E-state index contributed by atoms with van der Waals surface area (Å²) < 4.78 is 12.6. The summed E-state index contributed by atoms with van der Waals surface area (Å²) in [4.78, 5) is 89.7. The number of rotatable bonds is 25. The summed E-state index contributed by atoms with van der Waals surface area (Å²) in [7, 11) is 1.48. The fourth-order valence-corrected chi connectivity index (χ4v) is 6.83. The van der Waals surface area contributed by atoms with Crippen molar-refractivity contribution in [2.45, 2.75) is 115 Å². The molecule has 1 unspecified atom stereocenters. The number of urea groups is 1. The van der Waals surface area contributed by atoms with Gasteiger partial charge in [0.25, 0.3) is 5.56 Å². The molecule has 2 heterocycles. The Morgan fingerprint density at radius 1 is 0.844 bits per heavy atom. The number of aliphatic carboxylic acids is 2. The maximum absolute atomic E-state index is 13.5. The maximum atomic E-state index is 13.5. The second-order valence-corrected chi connectivity index (χ2v) is 16.1. The van der Waals surface area contributed by atoms with Crippen molar-refractivity contribution >= 4 is 35.7 Å². The van der Waals surface area contributed by atoms with Gasteiger partial charge in [0.05, 0.1) is 13.7 Å². The van der Waals surface area contributed by atoms with Crippen LogP contribution in [0.25, 0.3) is 0 Å². The van der Waals surface area contributed by atoms with E-state index in [-0.39, 0.29) is 63.7 Å². The minimum atomic E-state index is -1.98. The molecule has 24 heteroatoms. The zero-order valence-electron chi connectivity index (χ0n) is 36.4. The van der Waals surface area contributed by atoms with Crippen LogP contribution < -0.4 is 53.6 Å². The third kappa shape index (κ3) is 15.0. The predicted molar refractivity (Wildman–Crippen MR) is 228 cm³/mol. The molecule has 9 atom stereocenters. The van der Waals surface area contributed by atoms with E-state index in [1.807, 2.05) is 13.8 Å². The van der Waals surface area contributed by atoms with Gasteiger partial charge in [-0.25, -0.2) is 14.4 Å². The van der Waals surface area contributed by atoms with Crippen LogP contribution in [-0.2, 0) is 30.5 Å². The van der Waals surface area contributed by atoms with Crippen LogP contribution in [0.1, 0.15) is 65.2 Å². The molecule has 356 valence electrons. The van der Waals surface area contributed by atoms with Gasteiger partial charge >= 0.3 is 23.7 Å². The number of methoxy groups -OCH3 is 1. The highest BCUT2D eigenvalue weighted by Crippen LogP contribution is 2.31. The Morgan fingerprint density at radius 3 is 2.06 bits per heavy atom. The number of carbonyl (C=O) groups excluding carboxylic acids is 3. The smallest absolute Gasteiger partial charge is 0.333 e. The zero-order chi connectivity index (χ0) is 47.8. The Morgan fingerprint density at radius 2 is 1.48 bits per heavy atom. The Hall–Kier alpha value is -6.08. The van der Waals surface area contributed by atoms with Gasteiger partial charge in [-0.2, -0.15) is 0 Å². The molecule has 14 N–H and O–H groups in total. The van der Waals surface area contributed by atoms with Crippen LogP contribution in [0.2, 0.25) is 0 Å². The summed E-state index contributed by atoms with van der Waals surface area (Å²) in [6.07, 6.45) is -7.39. The number of hydrogen-bond acceptors (Lipinski definition) is 14. The molecule has 1 aromatic carbocycles. The highest BCUT2D eigenvalue weighted by Gasteiger charge is 2.50. The normalized spacial score (nSPS) is 19.5. The molecule has 1 aliphatic rings. The van der Waals surface area contributed by atoms with Crippen LogP contribution in [0, 0.1) is 17.2 Å². The van der Waals surface area contributed by atoms with Crippen LogP contribution in [0.3, 0.4) is 0 Å². The number of benzene rings is 1. The number of aliphatic hydroxyl groups is 3. The van der Waals surface area contributed by atoms with Crippen molar-refractivity contribution < 1.29 is 59.0 Å². The zero-order valence-corrected chi connectivity index (χ0v) is 36.4. The molecule has 0 aliphatic carbocycles. The van der Waals surface area contributed by atoms with Gasteiger partial charge < -0.3 is 72.6 Å². The summed E-state index contributed by atoms with van der Waals surface area (Å²) >= 11 is 0.